The van der Waals surface area contributed by atoms with Gasteiger partial charge in [-0.3, -0.25) is 14.9 Å². The highest BCUT2D eigenvalue weighted by molar-refractivity contribution is 6.45. The molecule has 1 aromatic carbocycles. The highest BCUT2D eigenvalue weighted by Crippen LogP contribution is 2.13. The van der Waals surface area contributed by atoms with E-state index in [1.165, 1.54) is 25.1 Å². The maximum atomic E-state index is 11.4. The fourth-order valence-electron chi connectivity index (χ4n) is 1.02. The van der Waals surface area contributed by atoms with E-state index in [9.17, 15) is 14.9 Å². The molecule has 0 spiro atoms. The smallest absolute Gasteiger partial charge is 0.270 e. The summed E-state index contributed by atoms with van der Waals surface area (Å²) in [6.07, 6.45) is 0. The molecule has 1 N–H and O–H groups in total. The maximum Gasteiger partial charge on any atom is 0.270 e. The average Bonchev–Trinajstić information content (AvgIpc) is 2.27. The van der Waals surface area contributed by atoms with E-state index < -0.39 is 10.7 Å². The summed E-state index contributed by atoms with van der Waals surface area (Å²) in [6.45, 7) is 1.32. The van der Waals surface area contributed by atoms with E-state index in [2.05, 4.69) is 5.16 Å². The number of hydrogen-bond acceptors (Lipinski definition) is 5. The largest absolute Gasteiger partial charge is 0.411 e. The number of benzene rings is 1. The molecule has 6 nitrogen and oxygen atoms in total. The minimum atomic E-state index is -0.595. The number of non-ortho nitro benzene ring substituents is 1. The van der Waals surface area contributed by atoms with Crippen molar-refractivity contribution < 1.29 is 14.9 Å². The molecule has 0 saturated heterocycles. The predicted molar refractivity (Wildman–Crippen MR) is 52.3 cm³/mol. The van der Waals surface area contributed by atoms with Crippen molar-refractivity contribution in [3.8, 4) is 0 Å². The van der Waals surface area contributed by atoms with Crippen molar-refractivity contribution in [3.63, 3.8) is 0 Å². The number of nitro benzene ring substituents is 1. The molecule has 0 atom stereocenters. The van der Waals surface area contributed by atoms with E-state index in [0.29, 0.717) is 0 Å². The van der Waals surface area contributed by atoms with Gasteiger partial charge in [0.1, 0.15) is 5.71 Å². The molecule has 0 aliphatic heterocycles. The Balaban J connectivity index is 3.11. The monoisotopic (exact) mass is 208 g/mol. The number of Topliss-reactive ketones (excluding diaryl/α,β-unsaturated/α-hetero) is 1. The number of oxime groups is 1. The standard InChI is InChI=1S/C9H8N2O4/c1-6(10-13)9(12)7-3-2-4-8(5-7)11(14)15/h2-5,13H,1H3. The molecule has 0 unspecified atom stereocenters. The lowest BCUT2D eigenvalue weighted by Crippen LogP contribution is -2.10. The summed E-state index contributed by atoms with van der Waals surface area (Å²) in [5, 5.41) is 21.5. The summed E-state index contributed by atoms with van der Waals surface area (Å²) < 4.78 is 0. The molecule has 0 saturated carbocycles. The van der Waals surface area contributed by atoms with Gasteiger partial charge in [-0.2, -0.15) is 0 Å². The van der Waals surface area contributed by atoms with Crippen LogP contribution in [0.25, 0.3) is 0 Å². The molecule has 0 amide bonds. The van der Waals surface area contributed by atoms with E-state index in [4.69, 9.17) is 5.21 Å². The third-order valence-electron chi connectivity index (χ3n) is 1.80. The summed E-state index contributed by atoms with van der Waals surface area (Å²) >= 11 is 0. The minimum Gasteiger partial charge on any atom is -0.411 e. The Bertz CT molecular complexity index is 439. The van der Waals surface area contributed by atoms with Gasteiger partial charge in [0.25, 0.3) is 5.69 Å². The molecule has 0 aliphatic rings. The maximum absolute atomic E-state index is 11.4. The lowest BCUT2D eigenvalue weighted by atomic mass is 10.1. The Morgan fingerprint density at radius 1 is 1.53 bits per heavy atom. The molecule has 6 heteroatoms. The van der Waals surface area contributed by atoms with Crippen molar-refractivity contribution in [1.29, 1.82) is 0 Å². The Morgan fingerprint density at radius 3 is 2.73 bits per heavy atom. The van der Waals surface area contributed by atoms with Gasteiger partial charge in [-0.05, 0) is 6.92 Å². The second-order valence-corrected chi connectivity index (χ2v) is 2.82. The van der Waals surface area contributed by atoms with Crippen molar-refractivity contribution in [1.82, 2.24) is 0 Å². The summed E-state index contributed by atoms with van der Waals surface area (Å²) in [6, 6.07) is 5.24. The first kappa shape index (κ1) is 10.8. The topological polar surface area (TPSA) is 92.8 Å². The average molecular weight is 208 g/mol. The van der Waals surface area contributed by atoms with Crippen LogP contribution < -0.4 is 0 Å². The molecule has 0 fully saturated rings. The van der Waals surface area contributed by atoms with Gasteiger partial charge in [0.15, 0.2) is 0 Å². The Morgan fingerprint density at radius 2 is 2.20 bits per heavy atom. The third-order valence-corrected chi connectivity index (χ3v) is 1.80. The predicted octanol–water partition coefficient (Wildman–Crippen LogP) is 1.63. The number of rotatable bonds is 3. The van der Waals surface area contributed by atoms with Crippen molar-refractivity contribution in [3.05, 3.63) is 39.9 Å². The van der Waals surface area contributed by atoms with E-state index in [-0.39, 0.29) is 17.0 Å². The van der Waals surface area contributed by atoms with Crippen LogP contribution in [0.3, 0.4) is 0 Å². The highest BCUT2D eigenvalue weighted by Gasteiger charge is 2.13. The molecule has 78 valence electrons. The number of ketones is 1. The van der Waals surface area contributed by atoms with Crippen LogP contribution in [0.2, 0.25) is 0 Å². The minimum absolute atomic E-state index is 0.115. The first-order valence-electron chi connectivity index (χ1n) is 4.04. The lowest BCUT2D eigenvalue weighted by Gasteiger charge is -1.98. The zero-order chi connectivity index (χ0) is 11.4. The van der Waals surface area contributed by atoms with Crippen molar-refractivity contribution in [2.24, 2.45) is 5.16 Å². The van der Waals surface area contributed by atoms with Crippen molar-refractivity contribution in [2.45, 2.75) is 6.92 Å². The molecule has 0 heterocycles. The molecule has 1 aromatic rings. The van der Waals surface area contributed by atoms with Crippen LogP contribution in [0, 0.1) is 10.1 Å². The van der Waals surface area contributed by atoms with E-state index in [1.807, 2.05) is 0 Å². The molecule has 0 aromatic heterocycles. The number of hydrogen-bond donors (Lipinski definition) is 1. The fourth-order valence-corrected chi connectivity index (χ4v) is 1.02. The van der Waals surface area contributed by atoms with Gasteiger partial charge < -0.3 is 5.21 Å². The quantitative estimate of drug-likeness (QED) is 0.268. The first-order valence-corrected chi connectivity index (χ1v) is 4.04. The molecular weight excluding hydrogens is 200 g/mol. The normalized spacial score (nSPS) is 11.1. The SMILES string of the molecule is CC(=NO)C(=O)c1cccc([N+](=O)[O-])c1. The summed E-state index contributed by atoms with van der Waals surface area (Å²) in [7, 11) is 0. The molecule has 0 aliphatic carbocycles. The van der Waals surface area contributed by atoms with Gasteiger partial charge in [0, 0.05) is 17.7 Å². The summed E-state index contributed by atoms with van der Waals surface area (Å²) in [5.41, 5.74) is -0.165. The molecule has 0 radical (unpaired) electrons. The van der Waals surface area contributed by atoms with Gasteiger partial charge in [-0.1, -0.05) is 17.3 Å². The second-order valence-electron chi connectivity index (χ2n) is 2.82. The van der Waals surface area contributed by atoms with Crippen LogP contribution in [0.15, 0.2) is 29.4 Å². The summed E-state index contributed by atoms with van der Waals surface area (Å²) in [5.74, 6) is -0.541. The Hall–Kier alpha value is -2.24. The van der Waals surface area contributed by atoms with Crippen LogP contribution in [0.4, 0.5) is 5.69 Å². The van der Waals surface area contributed by atoms with E-state index >= 15 is 0 Å². The second kappa shape index (κ2) is 4.32. The number of carbonyl (C=O) groups is 1. The van der Waals surface area contributed by atoms with Crippen molar-refractivity contribution in [2.75, 3.05) is 0 Å². The third kappa shape index (κ3) is 2.37. The number of nitro groups is 1. The van der Waals surface area contributed by atoms with Gasteiger partial charge in [-0.25, -0.2) is 0 Å². The van der Waals surface area contributed by atoms with Gasteiger partial charge >= 0.3 is 0 Å². The highest BCUT2D eigenvalue weighted by atomic mass is 16.6. The van der Waals surface area contributed by atoms with Crippen molar-refractivity contribution >= 4 is 17.2 Å². The van der Waals surface area contributed by atoms with E-state index in [0.717, 1.165) is 6.07 Å². The zero-order valence-electron chi connectivity index (χ0n) is 7.88. The van der Waals surface area contributed by atoms with Gasteiger partial charge in [0.2, 0.25) is 5.78 Å². The number of nitrogens with zero attached hydrogens (tertiary/aromatic N) is 2. The van der Waals surface area contributed by atoms with Gasteiger partial charge in [-0.15, -0.1) is 0 Å². The van der Waals surface area contributed by atoms with Crippen LogP contribution >= 0.6 is 0 Å². The van der Waals surface area contributed by atoms with Crippen LogP contribution in [0.5, 0.6) is 0 Å². The van der Waals surface area contributed by atoms with Crippen LogP contribution in [0.1, 0.15) is 17.3 Å². The molecule has 0 bridgehead atoms. The molecule has 1 rings (SSSR count). The first-order chi connectivity index (χ1) is 7.06. The van der Waals surface area contributed by atoms with Crippen LogP contribution in [-0.4, -0.2) is 21.6 Å². The molecular formula is C9H8N2O4. The van der Waals surface area contributed by atoms with Gasteiger partial charge in [0.05, 0.1) is 4.92 Å². The lowest BCUT2D eigenvalue weighted by molar-refractivity contribution is -0.384. The Labute approximate surface area is 85.0 Å². The number of carbonyl (C=O) groups excluding carboxylic acids is 1. The Kier molecular flexibility index (Phi) is 3.12. The molecule has 15 heavy (non-hydrogen) atoms. The summed E-state index contributed by atoms with van der Waals surface area (Å²) in [4.78, 5) is 21.3. The fraction of sp³-hybridized carbons (Fsp3) is 0.111. The van der Waals surface area contributed by atoms with Crippen LogP contribution in [-0.2, 0) is 0 Å². The van der Waals surface area contributed by atoms with E-state index in [1.54, 1.807) is 0 Å². The zero-order valence-corrected chi connectivity index (χ0v) is 7.88.